The fourth-order valence-corrected chi connectivity index (χ4v) is 2.67. The van der Waals surface area contributed by atoms with Crippen molar-refractivity contribution in [2.45, 2.75) is 6.54 Å². The van der Waals surface area contributed by atoms with Crippen molar-refractivity contribution in [2.24, 2.45) is 0 Å². The molecule has 1 aliphatic heterocycles. The number of halogens is 1. The Morgan fingerprint density at radius 1 is 1.17 bits per heavy atom. The number of carbonyl (C=O) groups excluding carboxylic acids is 1. The van der Waals surface area contributed by atoms with Gasteiger partial charge in [-0.05, 0) is 30.8 Å². The Bertz CT molecular complexity index is 696. The lowest BCUT2D eigenvalue weighted by atomic mass is 10.2. The quantitative estimate of drug-likeness (QED) is 0.931. The van der Waals surface area contributed by atoms with Crippen LogP contribution in [0.5, 0.6) is 0 Å². The first-order valence-corrected chi connectivity index (χ1v) is 8.04. The molecule has 5 nitrogen and oxygen atoms in total. The van der Waals surface area contributed by atoms with Crippen molar-refractivity contribution in [1.29, 1.82) is 0 Å². The van der Waals surface area contributed by atoms with E-state index in [1.807, 2.05) is 12.1 Å². The highest BCUT2D eigenvalue weighted by Gasteiger charge is 2.15. The Kier molecular flexibility index (Phi) is 5.05. The van der Waals surface area contributed by atoms with Crippen LogP contribution in [0.3, 0.4) is 0 Å². The number of carbonyl (C=O) groups is 1. The summed E-state index contributed by atoms with van der Waals surface area (Å²) in [6.07, 6.45) is 1.76. The van der Waals surface area contributed by atoms with Crippen LogP contribution in [0.2, 0.25) is 0 Å². The topological polar surface area (TPSA) is 48.5 Å². The molecule has 24 heavy (non-hydrogen) atoms. The van der Waals surface area contributed by atoms with Gasteiger partial charge in [0.2, 0.25) is 0 Å². The monoisotopic (exact) mass is 328 g/mol. The Balaban J connectivity index is 1.57. The minimum atomic E-state index is -0.515. The smallest absolute Gasteiger partial charge is 0.254 e. The zero-order valence-electron chi connectivity index (χ0n) is 13.7. The molecule has 3 rings (SSSR count). The van der Waals surface area contributed by atoms with E-state index in [4.69, 9.17) is 0 Å². The van der Waals surface area contributed by atoms with Crippen molar-refractivity contribution >= 4 is 11.7 Å². The van der Waals surface area contributed by atoms with E-state index in [-0.39, 0.29) is 5.56 Å². The van der Waals surface area contributed by atoms with Gasteiger partial charge >= 0.3 is 0 Å². The van der Waals surface area contributed by atoms with E-state index in [1.54, 1.807) is 18.3 Å². The SMILES string of the molecule is CN1CCN(c2ccc(CNC(=O)c3ccccc3F)cn2)CC1. The predicted octanol–water partition coefficient (Wildman–Crippen LogP) is 1.90. The van der Waals surface area contributed by atoms with Gasteiger partial charge in [-0.1, -0.05) is 18.2 Å². The van der Waals surface area contributed by atoms with Crippen molar-refractivity contribution in [1.82, 2.24) is 15.2 Å². The normalized spacial score (nSPS) is 15.3. The van der Waals surface area contributed by atoms with Gasteiger partial charge in [0.1, 0.15) is 11.6 Å². The highest BCUT2D eigenvalue weighted by atomic mass is 19.1. The van der Waals surface area contributed by atoms with Crippen molar-refractivity contribution in [3.8, 4) is 0 Å². The predicted molar refractivity (Wildman–Crippen MR) is 91.5 cm³/mol. The number of likely N-dealkylation sites (N-methyl/N-ethyl adjacent to an activating group) is 1. The summed E-state index contributed by atoms with van der Waals surface area (Å²) >= 11 is 0. The molecule has 0 atom stereocenters. The van der Waals surface area contributed by atoms with E-state index in [9.17, 15) is 9.18 Å². The molecule has 1 aromatic carbocycles. The van der Waals surface area contributed by atoms with Crippen LogP contribution in [0.4, 0.5) is 10.2 Å². The van der Waals surface area contributed by atoms with Crippen molar-refractivity contribution in [3.63, 3.8) is 0 Å². The molecule has 0 unspecified atom stereocenters. The van der Waals surface area contributed by atoms with Crippen LogP contribution in [0.1, 0.15) is 15.9 Å². The summed E-state index contributed by atoms with van der Waals surface area (Å²) in [5, 5.41) is 2.72. The summed E-state index contributed by atoms with van der Waals surface area (Å²) in [6, 6.07) is 9.87. The van der Waals surface area contributed by atoms with Crippen molar-refractivity contribution in [3.05, 3.63) is 59.5 Å². The van der Waals surface area contributed by atoms with Crippen LogP contribution in [0, 0.1) is 5.82 Å². The largest absolute Gasteiger partial charge is 0.354 e. The number of anilines is 1. The van der Waals surface area contributed by atoms with Gasteiger partial charge in [-0.3, -0.25) is 4.79 Å². The number of hydrogen-bond donors (Lipinski definition) is 1. The second-order valence-electron chi connectivity index (χ2n) is 5.98. The molecule has 0 saturated carbocycles. The minimum Gasteiger partial charge on any atom is -0.354 e. The number of piperazine rings is 1. The van der Waals surface area contributed by atoms with Gasteiger partial charge in [0, 0.05) is 38.9 Å². The molecule has 2 heterocycles. The number of nitrogens with zero attached hydrogens (tertiary/aromatic N) is 3. The average Bonchev–Trinajstić information content (AvgIpc) is 2.61. The third-order valence-electron chi connectivity index (χ3n) is 4.21. The molecule has 1 aliphatic rings. The van der Waals surface area contributed by atoms with E-state index in [2.05, 4.69) is 27.1 Å². The molecule has 1 amide bonds. The van der Waals surface area contributed by atoms with Crippen LogP contribution in [0.15, 0.2) is 42.6 Å². The molecule has 1 saturated heterocycles. The highest BCUT2D eigenvalue weighted by Crippen LogP contribution is 2.14. The zero-order chi connectivity index (χ0) is 16.9. The molecular weight excluding hydrogens is 307 g/mol. The van der Waals surface area contributed by atoms with Crippen molar-refractivity contribution < 1.29 is 9.18 Å². The maximum absolute atomic E-state index is 13.6. The molecule has 1 N–H and O–H groups in total. The number of amides is 1. The van der Waals surface area contributed by atoms with Gasteiger partial charge in [-0.25, -0.2) is 9.37 Å². The van der Waals surface area contributed by atoms with E-state index in [0.717, 1.165) is 37.6 Å². The van der Waals surface area contributed by atoms with Crippen LogP contribution in [-0.4, -0.2) is 49.0 Å². The van der Waals surface area contributed by atoms with Crippen LogP contribution >= 0.6 is 0 Å². The van der Waals surface area contributed by atoms with Gasteiger partial charge in [0.15, 0.2) is 0 Å². The fourth-order valence-electron chi connectivity index (χ4n) is 2.67. The van der Waals surface area contributed by atoms with E-state index in [1.165, 1.54) is 12.1 Å². The molecular formula is C18H21FN4O. The lowest BCUT2D eigenvalue weighted by molar-refractivity contribution is 0.0947. The first-order valence-electron chi connectivity index (χ1n) is 8.04. The number of nitrogens with one attached hydrogen (secondary N) is 1. The molecule has 0 aliphatic carbocycles. The zero-order valence-corrected chi connectivity index (χ0v) is 13.7. The minimum absolute atomic E-state index is 0.0551. The maximum Gasteiger partial charge on any atom is 0.254 e. The fraction of sp³-hybridized carbons (Fsp3) is 0.333. The molecule has 0 radical (unpaired) electrons. The lowest BCUT2D eigenvalue weighted by Crippen LogP contribution is -2.44. The van der Waals surface area contributed by atoms with Gasteiger partial charge in [0.05, 0.1) is 5.56 Å². The summed E-state index contributed by atoms with van der Waals surface area (Å²) in [6.45, 7) is 4.31. The molecule has 6 heteroatoms. The second kappa shape index (κ2) is 7.40. The number of aromatic nitrogens is 1. The summed E-state index contributed by atoms with van der Waals surface area (Å²) in [7, 11) is 2.12. The molecule has 1 fully saturated rings. The van der Waals surface area contributed by atoms with Crippen LogP contribution in [-0.2, 0) is 6.54 Å². The molecule has 2 aromatic rings. The van der Waals surface area contributed by atoms with Gasteiger partial charge in [-0.2, -0.15) is 0 Å². The number of hydrogen-bond acceptors (Lipinski definition) is 4. The molecule has 0 bridgehead atoms. The third kappa shape index (κ3) is 3.89. The first kappa shape index (κ1) is 16.4. The first-order chi connectivity index (χ1) is 11.6. The van der Waals surface area contributed by atoms with E-state index in [0.29, 0.717) is 6.54 Å². The summed E-state index contributed by atoms with van der Waals surface area (Å²) in [4.78, 5) is 21.0. The standard InChI is InChI=1S/C18H21FN4O/c1-22-8-10-23(11-9-22)17-7-6-14(12-20-17)13-21-18(24)15-4-2-3-5-16(15)19/h2-7,12H,8-11,13H2,1H3,(H,21,24). The number of benzene rings is 1. The number of rotatable bonds is 4. The van der Waals surface area contributed by atoms with E-state index >= 15 is 0 Å². The molecule has 1 aromatic heterocycles. The third-order valence-corrected chi connectivity index (χ3v) is 4.21. The van der Waals surface area contributed by atoms with Gasteiger partial charge < -0.3 is 15.1 Å². The van der Waals surface area contributed by atoms with Crippen LogP contribution in [0.25, 0.3) is 0 Å². The highest BCUT2D eigenvalue weighted by molar-refractivity contribution is 5.94. The maximum atomic E-state index is 13.6. The van der Waals surface area contributed by atoms with Crippen LogP contribution < -0.4 is 10.2 Å². The van der Waals surface area contributed by atoms with E-state index < -0.39 is 11.7 Å². The summed E-state index contributed by atoms with van der Waals surface area (Å²) < 4.78 is 13.6. The molecule has 126 valence electrons. The Morgan fingerprint density at radius 3 is 2.58 bits per heavy atom. The van der Waals surface area contributed by atoms with Gasteiger partial charge in [0.25, 0.3) is 5.91 Å². The molecule has 0 spiro atoms. The van der Waals surface area contributed by atoms with Crippen molar-refractivity contribution in [2.75, 3.05) is 38.1 Å². The Labute approximate surface area is 141 Å². The number of pyridine rings is 1. The second-order valence-corrected chi connectivity index (χ2v) is 5.98. The lowest BCUT2D eigenvalue weighted by Gasteiger charge is -2.33. The summed E-state index contributed by atoms with van der Waals surface area (Å²) in [5.41, 5.74) is 0.942. The summed E-state index contributed by atoms with van der Waals surface area (Å²) in [5.74, 6) is 0.0158. The average molecular weight is 328 g/mol. The Hall–Kier alpha value is -2.47. The Morgan fingerprint density at radius 2 is 1.92 bits per heavy atom. The van der Waals surface area contributed by atoms with Gasteiger partial charge in [-0.15, -0.1) is 0 Å².